The number of nitrogens with zero attached hydrogens (tertiary/aromatic N) is 2. The van der Waals surface area contributed by atoms with Crippen LogP contribution in [0.25, 0.3) is 0 Å². The van der Waals surface area contributed by atoms with E-state index in [9.17, 15) is 13.2 Å². The third-order valence-corrected chi connectivity index (χ3v) is 9.60. The Bertz CT molecular complexity index is 1060. The standard InChI is InChI=1S/C23H33N3O4S/c1-14(27)30-17-7-9-22(2)16(12-17)5-6-18-19(22)8-10-23(3)20(18)11-15-13-26(31(4,28)29)25-21(15)24-23/h5,13,17-20H,6-12H2,1-4H3,(H,24,25)/t17?,18-,19+,20+,22+,23+/m1/s1. The second kappa shape index (κ2) is 6.83. The fraction of sp³-hybridized carbons (Fsp3) is 0.739. The number of fused-ring (bicyclic) bond motifs is 6. The lowest BCUT2D eigenvalue weighted by Crippen LogP contribution is -2.58. The molecular formula is C23H33N3O4S. The average Bonchev–Trinajstić information content (AvgIpc) is 3.08. The molecule has 31 heavy (non-hydrogen) atoms. The molecule has 0 amide bonds. The third-order valence-electron chi connectivity index (χ3n) is 8.73. The van der Waals surface area contributed by atoms with Crippen molar-refractivity contribution in [2.24, 2.45) is 23.2 Å². The average molecular weight is 448 g/mol. The van der Waals surface area contributed by atoms with Crippen LogP contribution < -0.4 is 5.32 Å². The van der Waals surface area contributed by atoms with Crippen LogP contribution in [0.2, 0.25) is 0 Å². The number of hydrogen-bond acceptors (Lipinski definition) is 6. The van der Waals surface area contributed by atoms with Crippen LogP contribution >= 0.6 is 0 Å². The van der Waals surface area contributed by atoms with E-state index in [-0.39, 0.29) is 23.0 Å². The van der Waals surface area contributed by atoms with E-state index in [1.54, 1.807) is 6.20 Å². The summed E-state index contributed by atoms with van der Waals surface area (Å²) < 4.78 is 30.7. The number of ether oxygens (including phenoxy) is 1. The normalized spacial score (nSPS) is 39.2. The van der Waals surface area contributed by atoms with E-state index < -0.39 is 10.0 Å². The van der Waals surface area contributed by atoms with Crippen molar-refractivity contribution < 1.29 is 17.9 Å². The lowest BCUT2D eigenvalue weighted by Gasteiger charge is -2.59. The van der Waals surface area contributed by atoms with E-state index in [2.05, 4.69) is 30.3 Å². The molecule has 2 fully saturated rings. The van der Waals surface area contributed by atoms with Crippen LogP contribution in [0.15, 0.2) is 17.8 Å². The Morgan fingerprint density at radius 2 is 2.00 bits per heavy atom. The molecule has 0 bridgehead atoms. The molecule has 4 aliphatic rings. The molecule has 1 aromatic heterocycles. The first-order chi connectivity index (χ1) is 14.5. The first kappa shape index (κ1) is 21.0. The fourth-order valence-corrected chi connectivity index (χ4v) is 7.68. The Kier molecular flexibility index (Phi) is 4.64. The smallest absolute Gasteiger partial charge is 0.302 e. The highest BCUT2D eigenvalue weighted by Gasteiger charge is 2.56. The monoisotopic (exact) mass is 447 g/mol. The van der Waals surface area contributed by atoms with Gasteiger partial charge in [-0.15, -0.1) is 5.10 Å². The highest BCUT2D eigenvalue weighted by atomic mass is 32.2. The molecule has 2 heterocycles. The summed E-state index contributed by atoms with van der Waals surface area (Å²) in [6.07, 6.45) is 12.3. The fourth-order valence-electron chi connectivity index (χ4n) is 7.13. The zero-order chi connectivity index (χ0) is 22.2. The summed E-state index contributed by atoms with van der Waals surface area (Å²) in [6.45, 7) is 6.21. The Hall–Kier alpha value is -1.83. The number of esters is 1. The molecule has 7 nitrogen and oxygen atoms in total. The summed E-state index contributed by atoms with van der Waals surface area (Å²) in [5, 5.41) is 7.98. The van der Waals surface area contributed by atoms with E-state index in [0.717, 1.165) is 60.4 Å². The van der Waals surface area contributed by atoms with Crippen molar-refractivity contribution in [3.8, 4) is 0 Å². The first-order valence-corrected chi connectivity index (χ1v) is 13.3. The van der Waals surface area contributed by atoms with Crippen LogP contribution in [0.3, 0.4) is 0 Å². The molecule has 170 valence electrons. The topological polar surface area (TPSA) is 90.3 Å². The van der Waals surface area contributed by atoms with Crippen molar-refractivity contribution in [3.05, 3.63) is 23.4 Å². The van der Waals surface area contributed by atoms with Crippen molar-refractivity contribution in [1.29, 1.82) is 0 Å². The molecule has 0 spiro atoms. The lowest BCUT2D eigenvalue weighted by atomic mass is 9.48. The van der Waals surface area contributed by atoms with Crippen molar-refractivity contribution in [2.75, 3.05) is 11.6 Å². The summed E-state index contributed by atoms with van der Waals surface area (Å²) >= 11 is 0. The zero-order valence-corrected chi connectivity index (χ0v) is 19.7. The minimum atomic E-state index is -3.39. The van der Waals surface area contributed by atoms with Gasteiger partial charge >= 0.3 is 5.97 Å². The number of rotatable bonds is 2. The number of allylic oxidation sites excluding steroid dienone is 1. The van der Waals surface area contributed by atoms with Gasteiger partial charge in [-0.2, -0.15) is 4.09 Å². The Morgan fingerprint density at radius 3 is 2.71 bits per heavy atom. The molecular weight excluding hydrogens is 414 g/mol. The number of anilines is 1. The Balaban J connectivity index is 1.44. The lowest BCUT2D eigenvalue weighted by molar-refractivity contribution is -0.148. The number of aromatic nitrogens is 2. The minimum Gasteiger partial charge on any atom is -0.462 e. The Labute approximate surface area is 184 Å². The molecule has 1 aliphatic heterocycles. The van der Waals surface area contributed by atoms with E-state index >= 15 is 0 Å². The Morgan fingerprint density at radius 1 is 1.23 bits per heavy atom. The number of carbonyl (C=O) groups excluding carboxylic acids is 1. The maximum absolute atomic E-state index is 12.0. The highest BCUT2D eigenvalue weighted by molar-refractivity contribution is 7.89. The maximum Gasteiger partial charge on any atom is 0.302 e. The first-order valence-electron chi connectivity index (χ1n) is 11.4. The third kappa shape index (κ3) is 3.33. The molecule has 8 heteroatoms. The molecule has 6 atom stereocenters. The second-order valence-corrected chi connectivity index (χ2v) is 12.5. The van der Waals surface area contributed by atoms with Crippen molar-refractivity contribution in [2.45, 2.75) is 77.4 Å². The van der Waals surface area contributed by atoms with Gasteiger partial charge in [0.15, 0.2) is 5.82 Å². The van der Waals surface area contributed by atoms with Gasteiger partial charge in [0.2, 0.25) is 0 Å². The van der Waals surface area contributed by atoms with Gasteiger partial charge in [0.1, 0.15) is 6.10 Å². The van der Waals surface area contributed by atoms with Gasteiger partial charge in [0.05, 0.1) is 6.26 Å². The van der Waals surface area contributed by atoms with Crippen LogP contribution in [0.1, 0.15) is 64.9 Å². The second-order valence-electron chi connectivity index (χ2n) is 10.7. The molecule has 3 aliphatic carbocycles. The van der Waals surface area contributed by atoms with Gasteiger partial charge in [-0.25, -0.2) is 8.42 Å². The van der Waals surface area contributed by atoms with Crippen molar-refractivity contribution >= 4 is 21.8 Å². The minimum absolute atomic E-state index is 0.0166. The maximum atomic E-state index is 12.0. The molecule has 0 aromatic carbocycles. The summed E-state index contributed by atoms with van der Waals surface area (Å²) in [7, 11) is -3.39. The van der Waals surface area contributed by atoms with Crippen LogP contribution in [-0.4, -0.2) is 41.5 Å². The predicted molar refractivity (Wildman–Crippen MR) is 118 cm³/mol. The number of carbonyl (C=O) groups is 1. The van der Waals surface area contributed by atoms with Crippen molar-refractivity contribution in [3.63, 3.8) is 0 Å². The molecule has 1 N–H and O–H groups in total. The van der Waals surface area contributed by atoms with E-state index in [0.29, 0.717) is 17.8 Å². The van der Waals surface area contributed by atoms with Gasteiger partial charge in [-0.3, -0.25) is 4.79 Å². The molecule has 2 saturated carbocycles. The predicted octanol–water partition coefficient (Wildman–Crippen LogP) is 3.51. The van der Waals surface area contributed by atoms with Gasteiger partial charge in [0.25, 0.3) is 10.0 Å². The van der Waals surface area contributed by atoms with Gasteiger partial charge in [-0.05, 0) is 68.6 Å². The van der Waals surface area contributed by atoms with Gasteiger partial charge < -0.3 is 10.1 Å². The van der Waals surface area contributed by atoms with Crippen molar-refractivity contribution in [1.82, 2.24) is 9.19 Å². The summed E-state index contributed by atoms with van der Waals surface area (Å²) in [5.41, 5.74) is 2.58. The summed E-state index contributed by atoms with van der Waals surface area (Å²) in [6, 6.07) is 0. The number of hydrogen-bond donors (Lipinski definition) is 1. The van der Waals surface area contributed by atoms with Crippen LogP contribution in [0, 0.1) is 23.2 Å². The quantitative estimate of drug-likeness (QED) is 0.551. The largest absolute Gasteiger partial charge is 0.462 e. The SMILES string of the molecule is CC(=O)OC1CC[C@@]2(C)C(=CC[C@@H]3[C@@H]2CC[C@]2(C)Nc4nn(S(C)(=O)=O)cc4C[C@@H]32)C1. The molecule has 0 saturated heterocycles. The summed E-state index contributed by atoms with van der Waals surface area (Å²) in [5.74, 6) is 2.15. The zero-order valence-electron chi connectivity index (χ0n) is 18.8. The van der Waals surface area contributed by atoms with E-state index in [4.69, 9.17) is 4.74 Å². The number of nitrogens with one attached hydrogen (secondary N) is 1. The van der Waals surface area contributed by atoms with Gasteiger partial charge in [0, 0.05) is 30.6 Å². The van der Waals surface area contributed by atoms with Crippen LogP contribution in [0.5, 0.6) is 0 Å². The molecule has 0 radical (unpaired) electrons. The van der Waals surface area contributed by atoms with Gasteiger partial charge in [-0.1, -0.05) is 18.6 Å². The highest BCUT2D eigenvalue weighted by Crippen LogP contribution is 2.61. The summed E-state index contributed by atoms with van der Waals surface area (Å²) in [4.78, 5) is 11.4. The molecule has 1 aromatic rings. The van der Waals surface area contributed by atoms with E-state index in [1.165, 1.54) is 18.8 Å². The van der Waals surface area contributed by atoms with Crippen LogP contribution in [0.4, 0.5) is 5.82 Å². The van der Waals surface area contributed by atoms with E-state index in [1.807, 2.05) is 0 Å². The van der Waals surface area contributed by atoms with Crippen LogP contribution in [-0.2, 0) is 26.0 Å². The molecule has 1 unspecified atom stereocenters. The molecule has 5 rings (SSSR count).